The number of carboxylic acids is 2. The number of nitrogens with two attached hydrogens (primary N) is 3. The summed E-state index contributed by atoms with van der Waals surface area (Å²) in [5.74, 6) is -19.3. The first-order chi connectivity index (χ1) is 59.2. The Labute approximate surface area is 738 Å². The Bertz CT molecular complexity index is 4010. The number of carbonyl (C=O) groups is 19. The molecular formula is C84H134N18O23S. The van der Waals surface area contributed by atoms with Gasteiger partial charge in [0.05, 0.1) is 12.2 Å². The van der Waals surface area contributed by atoms with Crippen LogP contribution in [0.25, 0.3) is 0 Å². The van der Waals surface area contributed by atoms with E-state index in [1.807, 2.05) is 0 Å². The van der Waals surface area contributed by atoms with Gasteiger partial charge in [-0.05, 0) is 144 Å². The van der Waals surface area contributed by atoms with Crippen molar-refractivity contribution in [1.29, 1.82) is 0 Å². The van der Waals surface area contributed by atoms with Gasteiger partial charge in [0, 0.05) is 51.9 Å². The average Bonchev–Trinajstić information content (AvgIpc) is 1.63. The molecule has 21 N–H and O–H groups in total. The van der Waals surface area contributed by atoms with Gasteiger partial charge in [-0.3, -0.25) is 86.3 Å². The number of likely N-dealkylation sites (tertiary alicyclic amines) is 4. The van der Waals surface area contributed by atoms with Crippen molar-refractivity contribution in [2.45, 2.75) is 308 Å². The van der Waals surface area contributed by atoms with E-state index in [0.717, 1.165) is 9.80 Å². The fraction of sp³-hybridized carbons (Fsp3) is 0.702. The van der Waals surface area contributed by atoms with Crippen LogP contribution in [-0.2, 0) is 97.5 Å². The summed E-state index contributed by atoms with van der Waals surface area (Å²) in [7, 11) is 0. The summed E-state index contributed by atoms with van der Waals surface area (Å²) in [6, 6.07) is -13.6. The Morgan fingerprint density at radius 1 is 0.413 bits per heavy atom. The highest BCUT2D eigenvalue weighted by molar-refractivity contribution is 7.98. The van der Waals surface area contributed by atoms with Crippen molar-refractivity contribution in [2.24, 2.45) is 46.8 Å². The van der Waals surface area contributed by atoms with Gasteiger partial charge >= 0.3 is 11.9 Å². The number of rotatable bonds is 50. The third kappa shape index (κ3) is 31.2. The molecule has 0 aliphatic carbocycles. The first-order valence-corrected chi connectivity index (χ1v) is 44.9. The van der Waals surface area contributed by atoms with Crippen molar-refractivity contribution in [3.8, 4) is 0 Å². The molecule has 0 spiro atoms. The highest BCUT2D eigenvalue weighted by Gasteiger charge is 2.48. The van der Waals surface area contributed by atoms with E-state index in [-0.39, 0.29) is 96.3 Å². The number of thioether (sulfide) groups is 1. The number of nitrogens with one attached hydrogen (secondary N) is 11. The Morgan fingerprint density at radius 3 is 1.29 bits per heavy atom. The molecule has 1 aromatic carbocycles. The van der Waals surface area contributed by atoms with Gasteiger partial charge in [0.25, 0.3) is 0 Å². The van der Waals surface area contributed by atoms with Crippen LogP contribution in [0.4, 0.5) is 0 Å². The predicted molar refractivity (Wildman–Crippen MR) is 459 cm³/mol. The lowest BCUT2D eigenvalue weighted by molar-refractivity contribution is -0.148. The number of aliphatic hydroxyl groups is 2. The van der Waals surface area contributed by atoms with Crippen LogP contribution in [0.15, 0.2) is 30.3 Å². The highest BCUT2D eigenvalue weighted by Crippen LogP contribution is 2.29. The number of benzene rings is 1. The fourth-order valence-corrected chi connectivity index (χ4v) is 16.1. The largest absolute Gasteiger partial charge is 0.481 e. The van der Waals surface area contributed by atoms with Crippen LogP contribution in [-0.4, -0.2) is 299 Å². The molecule has 704 valence electrons. The second-order valence-corrected chi connectivity index (χ2v) is 35.5. The number of carboxylic acid groups (broad SMARTS) is 2. The van der Waals surface area contributed by atoms with Gasteiger partial charge in [-0.1, -0.05) is 106 Å². The monoisotopic (exact) mass is 1790 g/mol. The van der Waals surface area contributed by atoms with Crippen molar-refractivity contribution in [2.75, 3.05) is 38.2 Å². The molecule has 1 aromatic rings. The predicted octanol–water partition coefficient (Wildman–Crippen LogP) is -3.09. The number of amides is 17. The van der Waals surface area contributed by atoms with Crippen LogP contribution >= 0.6 is 11.8 Å². The molecule has 0 aromatic heterocycles. The Morgan fingerprint density at radius 2 is 0.802 bits per heavy atom. The minimum atomic E-state index is -1.70. The van der Waals surface area contributed by atoms with Gasteiger partial charge in [-0.15, -0.1) is 0 Å². The number of aliphatic hydroxyl groups excluding tert-OH is 2. The maximum absolute atomic E-state index is 15.1. The summed E-state index contributed by atoms with van der Waals surface area (Å²) in [5, 5.41) is 69.1. The number of aliphatic carboxylic acids is 2. The zero-order valence-electron chi connectivity index (χ0n) is 74.4. The van der Waals surface area contributed by atoms with Gasteiger partial charge in [-0.2, -0.15) is 11.8 Å². The smallest absolute Gasteiger partial charge is 0.326 e. The van der Waals surface area contributed by atoms with E-state index in [0.29, 0.717) is 30.6 Å². The third-order valence-electron chi connectivity index (χ3n) is 23.1. The summed E-state index contributed by atoms with van der Waals surface area (Å²) in [4.78, 5) is 269. The fourth-order valence-electron chi connectivity index (χ4n) is 15.6. The van der Waals surface area contributed by atoms with Crippen molar-refractivity contribution in [3.63, 3.8) is 0 Å². The van der Waals surface area contributed by atoms with Crippen LogP contribution in [0, 0.1) is 29.6 Å². The molecule has 17 amide bonds. The van der Waals surface area contributed by atoms with Crippen LogP contribution in [0.2, 0.25) is 0 Å². The van der Waals surface area contributed by atoms with E-state index in [2.05, 4.69) is 58.5 Å². The van der Waals surface area contributed by atoms with Gasteiger partial charge in [0.1, 0.15) is 96.7 Å². The van der Waals surface area contributed by atoms with E-state index in [9.17, 15) is 107 Å². The molecule has 4 heterocycles. The maximum Gasteiger partial charge on any atom is 0.326 e. The quantitative estimate of drug-likeness (QED) is 0.0307. The maximum atomic E-state index is 15.1. The molecule has 5 rings (SSSR count). The van der Waals surface area contributed by atoms with Crippen molar-refractivity contribution >= 4 is 124 Å². The lowest BCUT2D eigenvalue weighted by Gasteiger charge is -2.35. The molecule has 0 bridgehead atoms. The van der Waals surface area contributed by atoms with Crippen molar-refractivity contribution in [1.82, 2.24) is 78.1 Å². The molecule has 4 fully saturated rings. The topological polar surface area (TPSA) is 629 Å². The highest BCUT2D eigenvalue weighted by atomic mass is 32.2. The number of hydrogen-bond donors (Lipinski definition) is 18. The van der Waals surface area contributed by atoms with Crippen LogP contribution in [0.3, 0.4) is 0 Å². The summed E-state index contributed by atoms with van der Waals surface area (Å²) >= 11 is 1.36. The third-order valence-corrected chi connectivity index (χ3v) is 23.7. The second kappa shape index (κ2) is 50.7. The number of primary amides is 2. The van der Waals surface area contributed by atoms with E-state index in [4.69, 9.17) is 17.2 Å². The molecule has 4 aliphatic heterocycles. The molecule has 19 atom stereocenters. The van der Waals surface area contributed by atoms with Crippen LogP contribution in [0.1, 0.15) is 198 Å². The van der Waals surface area contributed by atoms with E-state index in [1.165, 1.54) is 35.4 Å². The van der Waals surface area contributed by atoms with Gasteiger partial charge < -0.3 is 116 Å². The molecule has 126 heavy (non-hydrogen) atoms. The van der Waals surface area contributed by atoms with Crippen molar-refractivity contribution < 1.29 is 112 Å². The minimum absolute atomic E-state index is 0.0169. The lowest BCUT2D eigenvalue weighted by Crippen LogP contribution is -2.63. The molecular weight excluding hydrogens is 1660 g/mol. The molecule has 4 saturated heterocycles. The summed E-state index contributed by atoms with van der Waals surface area (Å²) in [6.45, 7) is 19.2. The first kappa shape index (κ1) is 106. The lowest BCUT2D eigenvalue weighted by atomic mass is 9.97. The average molecular weight is 1800 g/mol. The minimum Gasteiger partial charge on any atom is -0.481 e. The Hall–Kier alpha value is -10.6. The number of carbonyl (C=O) groups excluding carboxylic acids is 17. The molecule has 0 unspecified atom stereocenters. The Kier molecular flexibility index (Phi) is 42.6. The molecule has 0 radical (unpaired) electrons. The summed E-state index contributed by atoms with van der Waals surface area (Å²) < 4.78 is 0. The number of nitrogens with zero attached hydrogens (tertiary/aromatic N) is 4. The molecule has 41 nitrogen and oxygen atoms in total. The van der Waals surface area contributed by atoms with E-state index in [1.54, 1.807) is 106 Å². The van der Waals surface area contributed by atoms with Gasteiger partial charge in [0.2, 0.25) is 100 Å². The SMILES string of the molecule is CC[C@H](C)[C@H](NC(=O)[C@H](CCC(=O)O)NC(=O)[C@@H]1CCCN1C(=O)[C@H](CCC(N)=O)NC(=O)[C@H](CC(C)C)NC(=O)[C@H](Cc1ccccc1)NC(=O)[C@@H]1CCCN1C(=O)[C@@H]1CCCN1C(=O)[C@@H](NC(=O)[C@@H](NC(=O)[C@@H](NC(=O)[C@@H]1CCCN1C(=O)[C@@H](NC(=O)[C@H](CCC(N)=O)NC(=O)[C@@H](N)[C@@H](C)O)[C@@H](C)O)C(C)C)C(C)C)C(C)C)C(=O)N[C@@H](CCSC)C(=O)O. The van der Waals surface area contributed by atoms with Gasteiger partial charge in [0.15, 0.2) is 0 Å². The van der Waals surface area contributed by atoms with Crippen LogP contribution < -0.4 is 75.7 Å². The Balaban J connectivity index is 1.31. The number of hydrogen-bond acceptors (Lipinski definition) is 23. The molecule has 42 heteroatoms. The van der Waals surface area contributed by atoms with E-state index < -0.39 is 277 Å². The van der Waals surface area contributed by atoms with Gasteiger partial charge in [-0.25, -0.2) is 4.79 Å². The van der Waals surface area contributed by atoms with E-state index >= 15 is 4.79 Å². The summed E-state index contributed by atoms with van der Waals surface area (Å²) in [5.41, 5.74) is 17.2. The van der Waals surface area contributed by atoms with Crippen molar-refractivity contribution in [3.05, 3.63) is 35.9 Å². The standard InChI is InChI=1S/C84H134N18O23S/c1-14-46(10)67(79(119)91-53(84(124)125)34-39-126-13)97-69(109)51(30-33-62(107)108)88-73(113)56-24-18-35-99(56)80(120)52(29-32-61(86)106)90-71(111)54(40-42(2)3)92-72(112)55(41-49-22-16-15-17-23-49)93-74(114)57-25-19-36-100(57)81(121)59-27-21-38-102(59)82(122)66(45(8)9)96-78(118)65(44(6)7)95-77(117)64(43(4)5)94-75(115)58-26-20-37-101(58)83(123)68(48(12)104)98-70(110)50(28-31-60(85)105)89-76(116)63(87)47(11)103/h15-17,22-23,42-48,50-59,63-68,103-104H,14,18-21,24-41,87H2,1-13H3,(H2,85,105)(H2,86,106)(H,88,113)(H,89,116)(H,90,111)(H,91,119)(H,92,112)(H,93,114)(H,94,115)(H,95,117)(H,96,118)(H,97,109)(H,98,110)(H,107,108)(H,124,125)/t46-,47+,48+,50-,51-,52-,53-,54-,55-,56-,57-,58-,59-,63-,64-,65-,66-,67-,68-/m0/s1. The molecule has 0 saturated carbocycles. The molecule has 4 aliphatic rings. The first-order valence-electron chi connectivity index (χ1n) is 43.5. The van der Waals surface area contributed by atoms with Crippen LogP contribution in [0.5, 0.6) is 0 Å². The summed E-state index contributed by atoms with van der Waals surface area (Å²) in [6.07, 6.45) is -2.11. The normalized spacial score (nSPS) is 19.9. The second-order valence-electron chi connectivity index (χ2n) is 34.6. The zero-order chi connectivity index (χ0) is 94.4. The zero-order valence-corrected chi connectivity index (χ0v) is 75.2.